The number of nitrogens with one attached hydrogen (secondary N) is 1. The quantitative estimate of drug-likeness (QED) is 0.793. The Morgan fingerprint density at radius 1 is 1.58 bits per heavy atom. The molecule has 2 heterocycles. The Bertz CT molecular complexity index is 597. The highest BCUT2D eigenvalue weighted by atomic mass is 32.1. The molecule has 2 unspecified atom stereocenters. The zero-order valence-electron chi connectivity index (χ0n) is 10.9. The van der Waals surface area contributed by atoms with E-state index in [1.807, 2.05) is 19.9 Å². The van der Waals surface area contributed by atoms with Crippen LogP contribution in [0.1, 0.15) is 23.5 Å². The van der Waals surface area contributed by atoms with Crippen LogP contribution in [0.4, 0.5) is 5.69 Å². The molecule has 6 heteroatoms. The summed E-state index contributed by atoms with van der Waals surface area (Å²) in [6.07, 6.45) is 1.68. The van der Waals surface area contributed by atoms with Crippen molar-refractivity contribution in [2.24, 2.45) is 5.92 Å². The number of hydrogen-bond donors (Lipinski definition) is 3. The number of carbonyl (C=O) groups is 1. The minimum Gasteiger partial charge on any atom is -0.397 e. The van der Waals surface area contributed by atoms with Crippen LogP contribution in [-0.4, -0.2) is 28.6 Å². The standard InChI is InChI=1S/C13H17N3O2S/c1-7(6-17)8(2)16-12(18)11-10(14)9-4-3-5-15-13(9)19-11/h3-5,7-8,17H,6,14H2,1-2H3,(H,16,18). The lowest BCUT2D eigenvalue weighted by molar-refractivity contribution is 0.0921. The number of nitrogens with two attached hydrogens (primary N) is 1. The van der Waals surface area contributed by atoms with Crippen molar-refractivity contribution in [2.75, 3.05) is 12.3 Å². The first kappa shape index (κ1) is 13.8. The molecule has 2 aromatic heterocycles. The molecule has 19 heavy (non-hydrogen) atoms. The van der Waals surface area contributed by atoms with Crippen LogP contribution < -0.4 is 11.1 Å². The minimum atomic E-state index is -0.215. The molecule has 102 valence electrons. The van der Waals surface area contributed by atoms with Crippen LogP contribution in [0.15, 0.2) is 18.3 Å². The van der Waals surface area contributed by atoms with Crippen molar-refractivity contribution in [3.63, 3.8) is 0 Å². The van der Waals surface area contributed by atoms with Crippen LogP contribution in [0, 0.1) is 5.92 Å². The van der Waals surface area contributed by atoms with Gasteiger partial charge in [0.15, 0.2) is 0 Å². The molecule has 0 saturated carbocycles. The second-order valence-corrected chi connectivity index (χ2v) is 5.62. The number of aliphatic hydroxyl groups excluding tert-OH is 1. The molecular weight excluding hydrogens is 262 g/mol. The molecule has 5 nitrogen and oxygen atoms in total. The van der Waals surface area contributed by atoms with E-state index in [1.165, 1.54) is 11.3 Å². The summed E-state index contributed by atoms with van der Waals surface area (Å²) in [5.41, 5.74) is 6.45. The first-order valence-corrected chi connectivity index (χ1v) is 6.91. The number of hydrogen-bond acceptors (Lipinski definition) is 5. The zero-order valence-corrected chi connectivity index (χ0v) is 11.7. The van der Waals surface area contributed by atoms with Crippen molar-refractivity contribution in [1.82, 2.24) is 10.3 Å². The fourth-order valence-electron chi connectivity index (χ4n) is 1.69. The third-order valence-corrected chi connectivity index (χ3v) is 4.34. The van der Waals surface area contributed by atoms with Gasteiger partial charge in [0, 0.05) is 24.2 Å². The van der Waals surface area contributed by atoms with Crippen LogP contribution in [0.25, 0.3) is 10.2 Å². The average Bonchev–Trinajstić information content (AvgIpc) is 2.75. The van der Waals surface area contributed by atoms with E-state index in [0.29, 0.717) is 10.6 Å². The number of aromatic nitrogens is 1. The van der Waals surface area contributed by atoms with E-state index >= 15 is 0 Å². The van der Waals surface area contributed by atoms with Gasteiger partial charge in [-0.2, -0.15) is 0 Å². The molecule has 0 saturated heterocycles. The summed E-state index contributed by atoms with van der Waals surface area (Å²) < 4.78 is 0. The maximum atomic E-state index is 12.2. The molecule has 0 aromatic carbocycles. The lowest BCUT2D eigenvalue weighted by Crippen LogP contribution is -2.38. The third-order valence-electron chi connectivity index (χ3n) is 3.21. The number of aliphatic hydroxyl groups is 1. The number of pyridine rings is 1. The van der Waals surface area contributed by atoms with Crippen molar-refractivity contribution >= 4 is 33.1 Å². The molecule has 2 rings (SSSR count). The van der Waals surface area contributed by atoms with Gasteiger partial charge in [-0.3, -0.25) is 4.79 Å². The largest absolute Gasteiger partial charge is 0.397 e. The highest BCUT2D eigenvalue weighted by Crippen LogP contribution is 2.31. The van der Waals surface area contributed by atoms with Crippen molar-refractivity contribution in [2.45, 2.75) is 19.9 Å². The third kappa shape index (κ3) is 2.69. The van der Waals surface area contributed by atoms with Crippen LogP contribution >= 0.6 is 11.3 Å². The molecule has 0 radical (unpaired) electrons. The van der Waals surface area contributed by atoms with E-state index in [4.69, 9.17) is 10.8 Å². The van der Waals surface area contributed by atoms with Gasteiger partial charge in [-0.25, -0.2) is 4.98 Å². The van der Waals surface area contributed by atoms with Crippen LogP contribution in [0.2, 0.25) is 0 Å². The van der Waals surface area contributed by atoms with E-state index in [2.05, 4.69) is 10.3 Å². The summed E-state index contributed by atoms with van der Waals surface area (Å²) >= 11 is 1.28. The first-order valence-electron chi connectivity index (χ1n) is 6.09. The predicted molar refractivity (Wildman–Crippen MR) is 77.2 cm³/mol. The molecule has 0 spiro atoms. The van der Waals surface area contributed by atoms with Crippen molar-refractivity contribution < 1.29 is 9.90 Å². The van der Waals surface area contributed by atoms with Crippen molar-refractivity contribution in [1.29, 1.82) is 0 Å². The van der Waals surface area contributed by atoms with Gasteiger partial charge in [-0.1, -0.05) is 6.92 Å². The van der Waals surface area contributed by atoms with Gasteiger partial charge in [-0.05, 0) is 25.0 Å². The van der Waals surface area contributed by atoms with Gasteiger partial charge in [0.1, 0.15) is 9.71 Å². The van der Waals surface area contributed by atoms with E-state index in [0.717, 1.165) is 10.2 Å². The van der Waals surface area contributed by atoms with Crippen molar-refractivity contribution in [3.05, 3.63) is 23.2 Å². The Labute approximate surface area is 115 Å². The summed E-state index contributed by atoms with van der Waals surface area (Å²) in [5, 5.41) is 12.7. The van der Waals surface area contributed by atoms with Gasteiger partial charge < -0.3 is 16.2 Å². The second-order valence-electron chi connectivity index (χ2n) is 4.62. The summed E-state index contributed by atoms with van der Waals surface area (Å²) in [6.45, 7) is 3.77. The molecule has 2 atom stereocenters. The number of nitrogens with zero attached hydrogens (tertiary/aromatic N) is 1. The molecule has 1 amide bonds. The fourth-order valence-corrected chi connectivity index (χ4v) is 2.66. The van der Waals surface area contributed by atoms with E-state index < -0.39 is 0 Å². The van der Waals surface area contributed by atoms with Gasteiger partial charge in [0.05, 0.1) is 5.69 Å². The van der Waals surface area contributed by atoms with E-state index in [9.17, 15) is 4.79 Å². The lowest BCUT2D eigenvalue weighted by atomic mass is 10.1. The number of carbonyl (C=O) groups excluding carboxylic acids is 1. The molecule has 0 aliphatic rings. The number of thiophene rings is 1. The molecule has 0 fully saturated rings. The number of anilines is 1. The summed E-state index contributed by atoms with van der Waals surface area (Å²) in [5.74, 6) is -0.217. The highest BCUT2D eigenvalue weighted by molar-refractivity contribution is 7.21. The highest BCUT2D eigenvalue weighted by Gasteiger charge is 2.20. The Morgan fingerprint density at radius 2 is 2.32 bits per heavy atom. The Kier molecular flexibility index (Phi) is 4.01. The SMILES string of the molecule is CC(CO)C(C)NC(=O)c1sc2ncccc2c1N. The van der Waals surface area contributed by atoms with Crippen LogP contribution in [0.3, 0.4) is 0 Å². The molecule has 0 aliphatic carbocycles. The zero-order chi connectivity index (χ0) is 14.0. The maximum absolute atomic E-state index is 12.2. The monoisotopic (exact) mass is 279 g/mol. The Hall–Kier alpha value is -1.66. The lowest BCUT2D eigenvalue weighted by Gasteiger charge is -2.18. The Balaban J connectivity index is 2.24. The van der Waals surface area contributed by atoms with Gasteiger partial charge in [-0.15, -0.1) is 11.3 Å². The molecule has 0 bridgehead atoms. The molecule has 0 aliphatic heterocycles. The average molecular weight is 279 g/mol. The number of nitrogen functional groups attached to an aromatic ring is 1. The minimum absolute atomic E-state index is 0.00215. The number of rotatable bonds is 4. The number of amides is 1. The van der Waals surface area contributed by atoms with Crippen molar-refractivity contribution in [3.8, 4) is 0 Å². The Morgan fingerprint density at radius 3 is 2.95 bits per heavy atom. The van der Waals surface area contributed by atoms with E-state index in [-0.39, 0.29) is 24.5 Å². The summed E-state index contributed by atoms with van der Waals surface area (Å²) in [6, 6.07) is 3.53. The maximum Gasteiger partial charge on any atom is 0.263 e. The van der Waals surface area contributed by atoms with Gasteiger partial charge in [0.25, 0.3) is 5.91 Å². The molecule has 2 aromatic rings. The summed E-state index contributed by atoms with van der Waals surface area (Å²) in [7, 11) is 0. The molecule has 4 N–H and O–H groups in total. The van der Waals surface area contributed by atoms with Crippen LogP contribution in [0.5, 0.6) is 0 Å². The first-order chi connectivity index (χ1) is 9.04. The van der Waals surface area contributed by atoms with Gasteiger partial charge >= 0.3 is 0 Å². The summed E-state index contributed by atoms with van der Waals surface area (Å²) in [4.78, 5) is 17.6. The smallest absolute Gasteiger partial charge is 0.263 e. The predicted octanol–water partition coefficient (Wildman–Crippen LogP) is 1.63. The second kappa shape index (κ2) is 5.54. The van der Waals surface area contributed by atoms with E-state index in [1.54, 1.807) is 12.3 Å². The van der Waals surface area contributed by atoms with Gasteiger partial charge in [0.2, 0.25) is 0 Å². The topological polar surface area (TPSA) is 88.2 Å². The van der Waals surface area contributed by atoms with Crippen LogP contribution in [-0.2, 0) is 0 Å². The normalized spacial score (nSPS) is 14.3. The number of fused-ring (bicyclic) bond motifs is 1. The molecular formula is C13H17N3O2S. The fraction of sp³-hybridized carbons (Fsp3) is 0.385.